The molecule has 1 heterocycles. The minimum absolute atomic E-state index is 0.131. The van der Waals surface area contributed by atoms with Crippen LogP contribution >= 0.6 is 0 Å². The fraction of sp³-hybridized carbons (Fsp3) is 0.286. The van der Waals surface area contributed by atoms with Gasteiger partial charge in [-0.05, 0) is 0 Å². The average molecular weight is 159 g/mol. The number of hydrogen-bond donors (Lipinski definition) is 0. The molecule has 5 nitrogen and oxygen atoms in total. The van der Waals surface area contributed by atoms with Crippen LogP contribution < -0.4 is 0 Å². The molecule has 0 radical (unpaired) electrons. The molecular weight excluding hydrogens is 154 g/mol. The Morgan fingerprint density at radius 3 is 2.67 bits per heavy atom. The van der Waals surface area contributed by atoms with Gasteiger partial charge in [-0.2, -0.15) is 15.6 Å². The molecule has 0 fully saturated rings. The molecule has 12 heavy (non-hydrogen) atoms. The number of nitriles is 2. The number of hydrogen-bond acceptors (Lipinski definition) is 5. The predicted octanol–water partition coefficient (Wildman–Crippen LogP) is 0.00376. The maximum Gasteiger partial charge on any atom is 0.165 e. The van der Waals surface area contributed by atoms with Crippen LogP contribution in [0.3, 0.4) is 0 Å². The zero-order valence-corrected chi connectivity index (χ0v) is 6.23. The van der Waals surface area contributed by atoms with Crippen LogP contribution in [0.2, 0.25) is 0 Å². The molecule has 1 rings (SSSR count). The molecule has 1 aromatic heterocycles. The summed E-state index contributed by atoms with van der Waals surface area (Å²) >= 11 is 0. The first-order valence-electron chi connectivity index (χ1n) is 3.28. The van der Waals surface area contributed by atoms with Gasteiger partial charge in [0.25, 0.3) is 0 Å². The minimum Gasteiger partial charge on any atom is -0.232 e. The maximum atomic E-state index is 8.34. The molecule has 0 atom stereocenters. The molecule has 0 unspecified atom stereocenters. The highest BCUT2D eigenvalue weighted by Crippen LogP contribution is 1.93. The fourth-order valence-corrected chi connectivity index (χ4v) is 0.691. The van der Waals surface area contributed by atoms with Crippen molar-refractivity contribution in [1.82, 2.24) is 15.2 Å². The van der Waals surface area contributed by atoms with Gasteiger partial charge < -0.3 is 0 Å². The lowest BCUT2D eigenvalue weighted by Crippen LogP contribution is -1.99. The summed E-state index contributed by atoms with van der Waals surface area (Å²) in [6.07, 6.45) is 1.75. The molecule has 0 amide bonds. The average Bonchev–Trinajstić information content (AvgIpc) is 2.06. The van der Waals surface area contributed by atoms with Gasteiger partial charge in [0.1, 0.15) is 0 Å². The summed E-state index contributed by atoms with van der Waals surface area (Å²) in [6, 6.07) is 3.85. The van der Waals surface area contributed by atoms with Crippen molar-refractivity contribution < 1.29 is 0 Å². The summed E-state index contributed by atoms with van der Waals surface area (Å²) in [4.78, 5) is 3.93. The van der Waals surface area contributed by atoms with Crippen LogP contribution in [0.1, 0.15) is 11.5 Å². The Labute approximate surface area is 69.3 Å². The van der Waals surface area contributed by atoms with Crippen molar-refractivity contribution in [3.8, 4) is 12.1 Å². The van der Waals surface area contributed by atoms with E-state index in [1.54, 1.807) is 0 Å². The van der Waals surface area contributed by atoms with Crippen LogP contribution in [0.25, 0.3) is 0 Å². The van der Waals surface area contributed by atoms with Crippen LogP contribution in [-0.4, -0.2) is 15.2 Å². The lowest BCUT2D eigenvalue weighted by molar-refractivity contribution is 0.844. The molecule has 0 aliphatic heterocycles. The van der Waals surface area contributed by atoms with Gasteiger partial charge in [0.05, 0.1) is 36.9 Å². The second kappa shape index (κ2) is 3.99. The zero-order valence-electron chi connectivity index (χ0n) is 6.23. The van der Waals surface area contributed by atoms with Gasteiger partial charge in [0.15, 0.2) is 5.82 Å². The van der Waals surface area contributed by atoms with Crippen molar-refractivity contribution >= 4 is 0 Å². The highest BCUT2D eigenvalue weighted by atomic mass is 15.1. The van der Waals surface area contributed by atoms with E-state index in [0.717, 1.165) is 0 Å². The van der Waals surface area contributed by atoms with Crippen molar-refractivity contribution in [3.63, 3.8) is 0 Å². The Kier molecular flexibility index (Phi) is 2.69. The van der Waals surface area contributed by atoms with E-state index in [0.29, 0.717) is 11.5 Å². The Hall–Kier alpha value is -2.01. The second-order valence-electron chi connectivity index (χ2n) is 2.03. The molecule has 58 valence electrons. The third-order valence-corrected chi connectivity index (χ3v) is 1.15. The van der Waals surface area contributed by atoms with Crippen LogP contribution in [0.4, 0.5) is 0 Å². The highest BCUT2D eigenvalue weighted by Gasteiger charge is 1.98. The summed E-state index contributed by atoms with van der Waals surface area (Å²) in [5.74, 6) is 0.366. The molecule has 0 aliphatic carbocycles. The van der Waals surface area contributed by atoms with Gasteiger partial charge in [-0.25, -0.2) is 4.98 Å². The van der Waals surface area contributed by atoms with E-state index in [2.05, 4.69) is 15.2 Å². The topological polar surface area (TPSA) is 86.2 Å². The van der Waals surface area contributed by atoms with Crippen molar-refractivity contribution in [2.75, 3.05) is 0 Å². The molecule has 0 bridgehead atoms. The van der Waals surface area contributed by atoms with Crippen LogP contribution in [0.5, 0.6) is 0 Å². The first-order valence-corrected chi connectivity index (χ1v) is 3.28. The summed E-state index contributed by atoms with van der Waals surface area (Å²) in [5, 5.41) is 23.9. The molecule has 0 aromatic carbocycles. The normalized spacial score (nSPS) is 8.50. The van der Waals surface area contributed by atoms with E-state index in [4.69, 9.17) is 10.5 Å². The third-order valence-electron chi connectivity index (χ3n) is 1.15. The van der Waals surface area contributed by atoms with Gasteiger partial charge in [-0.3, -0.25) is 0 Å². The van der Waals surface area contributed by atoms with Crippen LogP contribution in [0.15, 0.2) is 6.20 Å². The summed E-state index contributed by atoms with van der Waals surface area (Å²) in [7, 11) is 0. The standard InChI is InChI=1S/C7H5N5/c8-3-1-6-5-10-12-7(11-6)2-4-9/h5H,1-2H2. The van der Waals surface area contributed by atoms with Crippen LogP contribution in [-0.2, 0) is 12.8 Å². The number of rotatable bonds is 2. The van der Waals surface area contributed by atoms with Gasteiger partial charge in [-0.1, -0.05) is 0 Å². The second-order valence-corrected chi connectivity index (χ2v) is 2.03. The van der Waals surface area contributed by atoms with Crippen molar-refractivity contribution in [1.29, 1.82) is 10.5 Å². The van der Waals surface area contributed by atoms with Crippen LogP contribution in [0, 0.1) is 22.7 Å². The predicted molar refractivity (Wildman–Crippen MR) is 38.5 cm³/mol. The molecule has 0 aliphatic rings. The Morgan fingerprint density at radius 1 is 1.25 bits per heavy atom. The Balaban J connectivity index is 2.84. The highest BCUT2D eigenvalue weighted by molar-refractivity contribution is 5.04. The van der Waals surface area contributed by atoms with E-state index in [1.165, 1.54) is 6.20 Å². The molecule has 1 aromatic rings. The molecule has 0 saturated heterocycles. The fourth-order valence-electron chi connectivity index (χ4n) is 0.691. The lowest BCUT2D eigenvalue weighted by Gasteiger charge is -1.93. The maximum absolute atomic E-state index is 8.34. The van der Waals surface area contributed by atoms with Gasteiger partial charge in [0.2, 0.25) is 0 Å². The van der Waals surface area contributed by atoms with E-state index in [1.807, 2.05) is 12.1 Å². The van der Waals surface area contributed by atoms with E-state index >= 15 is 0 Å². The van der Waals surface area contributed by atoms with E-state index in [9.17, 15) is 0 Å². The van der Waals surface area contributed by atoms with Gasteiger partial charge in [-0.15, -0.1) is 5.10 Å². The van der Waals surface area contributed by atoms with Gasteiger partial charge in [0, 0.05) is 0 Å². The smallest absolute Gasteiger partial charge is 0.165 e. The summed E-state index contributed by atoms with van der Waals surface area (Å²) in [5.41, 5.74) is 0.553. The largest absolute Gasteiger partial charge is 0.232 e. The molecule has 0 saturated carbocycles. The Morgan fingerprint density at radius 2 is 2.00 bits per heavy atom. The van der Waals surface area contributed by atoms with E-state index in [-0.39, 0.29) is 12.8 Å². The molecule has 5 heteroatoms. The zero-order chi connectivity index (χ0) is 8.81. The number of aromatic nitrogens is 3. The third kappa shape index (κ3) is 1.99. The van der Waals surface area contributed by atoms with Crippen molar-refractivity contribution in [2.45, 2.75) is 12.8 Å². The Bertz CT molecular complexity index is 314. The molecular formula is C7H5N5. The molecule has 0 spiro atoms. The van der Waals surface area contributed by atoms with Gasteiger partial charge >= 0.3 is 0 Å². The number of nitrogens with zero attached hydrogens (tertiary/aromatic N) is 5. The summed E-state index contributed by atoms with van der Waals surface area (Å²) in [6.45, 7) is 0. The SMILES string of the molecule is N#CCc1cnnc(CC#N)n1. The van der Waals surface area contributed by atoms with Crippen molar-refractivity contribution in [2.24, 2.45) is 0 Å². The minimum atomic E-state index is 0.131. The summed E-state index contributed by atoms with van der Waals surface area (Å²) < 4.78 is 0. The first kappa shape index (κ1) is 8.09. The quantitative estimate of drug-likeness (QED) is 0.606. The molecule has 0 N–H and O–H groups in total. The lowest BCUT2D eigenvalue weighted by atomic mass is 10.3. The monoisotopic (exact) mass is 159 g/mol. The first-order chi connectivity index (χ1) is 5.86. The van der Waals surface area contributed by atoms with Crippen molar-refractivity contribution in [3.05, 3.63) is 17.7 Å². The van der Waals surface area contributed by atoms with E-state index < -0.39 is 0 Å².